The van der Waals surface area contributed by atoms with Crippen LogP contribution in [0.25, 0.3) is 32.8 Å². The molecular formula is C20H11NO. The van der Waals surface area contributed by atoms with Crippen LogP contribution in [0.15, 0.2) is 66.9 Å². The van der Waals surface area contributed by atoms with Gasteiger partial charge in [0.2, 0.25) is 0 Å². The number of ketones is 1. The predicted molar refractivity (Wildman–Crippen MR) is 88.1 cm³/mol. The lowest BCUT2D eigenvalue weighted by Crippen LogP contribution is -2.10. The van der Waals surface area contributed by atoms with Gasteiger partial charge in [-0.2, -0.15) is 0 Å². The summed E-state index contributed by atoms with van der Waals surface area (Å²) in [6, 6.07) is 20.0. The summed E-state index contributed by atoms with van der Waals surface area (Å²) in [7, 11) is 0. The first-order valence-electron chi connectivity index (χ1n) is 7.28. The van der Waals surface area contributed by atoms with Gasteiger partial charge in [0.05, 0.1) is 5.69 Å². The van der Waals surface area contributed by atoms with E-state index in [9.17, 15) is 4.79 Å². The van der Waals surface area contributed by atoms with Crippen molar-refractivity contribution in [2.75, 3.05) is 0 Å². The molecule has 1 aromatic heterocycles. The van der Waals surface area contributed by atoms with Crippen LogP contribution in [0, 0.1) is 0 Å². The molecule has 4 aromatic rings. The zero-order valence-electron chi connectivity index (χ0n) is 11.7. The molecule has 102 valence electrons. The van der Waals surface area contributed by atoms with E-state index in [0.29, 0.717) is 0 Å². The number of fused-ring (bicyclic) bond motifs is 3. The molecular weight excluding hydrogens is 270 g/mol. The van der Waals surface area contributed by atoms with Gasteiger partial charge >= 0.3 is 0 Å². The lowest BCUT2D eigenvalue weighted by molar-refractivity contribution is 0.104. The highest BCUT2D eigenvalue weighted by molar-refractivity contribution is 6.26. The maximum atomic E-state index is 12.9. The van der Waals surface area contributed by atoms with Gasteiger partial charge in [-0.05, 0) is 34.4 Å². The molecule has 0 spiro atoms. The summed E-state index contributed by atoms with van der Waals surface area (Å²) in [5.74, 6) is 0.0897. The first-order chi connectivity index (χ1) is 10.8. The first kappa shape index (κ1) is 11.6. The van der Waals surface area contributed by atoms with Gasteiger partial charge in [-0.15, -0.1) is 0 Å². The van der Waals surface area contributed by atoms with Crippen LogP contribution >= 0.6 is 0 Å². The van der Waals surface area contributed by atoms with Crippen molar-refractivity contribution in [1.82, 2.24) is 4.98 Å². The van der Waals surface area contributed by atoms with Gasteiger partial charge in [-0.25, -0.2) is 0 Å². The van der Waals surface area contributed by atoms with Gasteiger partial charge in [-0.1, -0.05) is 42.5 Å². The summed E-state index contributed by atoms with van der Waals surface area (Å²) in [5, 5.41) is 4.25. The van der Waals surface area contributed by atoms with Crippen molar-refractivity contribution in [2.24, 2.45) is 0 Å². The summed E-state index contributed by atoms with van der Waals surface area (Å²) in [6.07, 6.45) is 1.82. The summed E-state index contributed by atoms with van der Waals surface area (Å²) < 4.78 is 0. The number of aromatic nitrogens is 1. The van der Waals surface area contributed by atoms with Crippen LogP contribution in [0.2, 0.25) is 0 Å². The molecule has 0 unspecified atom stereocenters. The highest BCUT2D eigenvalue weighted by atomic mass is 16.1. The number of pyridine rings is 1. The highest BCUT2D eigenvalue weighted by Crippen LogP contribution is 2.39. The maximum absolute atomic E-state index is 12.9. The van der Waals surface area contributed by atoms with E-state index in [-0.39, 0.29) is 5.78 Å². The summed E-state index contributed by atoms with van der Waals surface area (Å²) in [6.45, 7) is 0. The van der Waals surface area contributed by atoms with Crippen molar-refractivity contribution in [2.45, 2.75) is 0 Å². The molecule has 0 amide bonds. The van der Waals surface area contributed by atoms with Gasteiger partial charge in [0.15, 0.2) is 5.78 Å². The molecule has 0 fully saturated rings. The van der Waals surface area contributed by atoms with E-state index in [1.165, 1.54) is 0 Å². The molecule has 1 heterocycles. The second-order valence-electron chi connectivity index (χ2n) is 5.64. The standard InChI is InChI=1S/C20H11NO/c22-20-15-7-3-6-12-8-9-21-19(18(12)15)16-10-13-4-1-2-5-14(13)11-17(16)20/h1-11H. The summed E-state index contributed by atoms with van der Waals surface area (Å²) in [5.41, 5.74) is 3.35. The number of benzene rings is 3. The largest absolute Gasteiger partial charge is 0.289 e. The van der Waals surface area contributed by atoms with Gasteiger partial charge in [0.25, 0.3) is 0 Å². The van der Waals surface area contributed by atoms with Crippen LogP contribution in [0.5, 0.6) is 0 Å². The van der Waals surface area contributed by atoms with Crippen LogP contribution in [0.1, 0.15) is 15.9 Å². The minimum Gasteiger partial charge on any atom is -0.289 e. The fourth-order valence-electron chi connectivity index (χ4n) is 3.39. The van der Waals surface area contributed by atoms with Gasteiger partial charge in [0.1, 0.15) is 0 Å². The van der Waals surface area contributed by atoms with Crippen LogP contribution < -0.4 is 0 Å². The smallest absolute Gasteiger partial charge is 0.194 e. The fraction of sp³-hybridized carbons (Fsp3) is 0. The predicted octanol–water partition coefficient (Wildman–Crippen LogP) is 4.60. The Bertz CT molecular complexity index is 1090. The fourth-order valence-corrected chi connectivity index (χ4v) is 3.39. The average molecular weight is 281 g/mol. The van der Waals surface area contributed by atoms with E-state index < -0.39 is 0 Å². The zero-order chi connectivity index (χ0) is 14.7. The monoisotopic (exact) mass is 281 g/mol. The molecule has 0 saturated carbocycles. The maximum Gasteiger partial charge on any atom is 0.194 e. The van der Waals surface area contributed by atoms with E-state index in [1.54, 1.807) is 0 Å². The molecule has 0 N–H and O–H groups in total. The van der Waals surface area contributed by atoms with Crippen molar-refractivity contribution < 1.29 is 4.79 Å². The minimum atomic E-state index is 0.0897. The van der Waals surface area contributed by atoms with Crippen molar-refractivity contribution >= 4 is 27.3 Å². The third-order valence-corrected chi connectivity index (χ3v) is 4.42. The van der Waals surface area contributed by atoms with Gasteiger partial charge < -0.3 is 0 Å². The van der Waals surface area contributed by atoms with Crippen LogP contribution in [0.3, 0.4) is 0 Å². The Labute approximate surface area is 127 Å². The normalized spacial score (nSPS) is 12.6. The molecule has 2 heteroatoms. The molecule has 0 aliphatic heterocycles. The summed E-state index contributed by atoms with van der Waals surface area (Å²) >= 11 is 0. The topological polar surface area (TPSA) is 30.0 Å². The molecule has 0 atom stereocenters. The average Bonchev–Trinajstić information content (AvgIpc) is 2.58. The van der Waals surface area contributed by atoms with Crippen molar-refractivity contribution in [3.63, 3.8) is 0 Å². The number of carbonyl (C=O) groups is 1. The van der Waals surface area contributed by atoms with Crippen molar-refractivity contribution in [1.29, 1.82) is 0 Å². The lowest BCUT2D eigenvalue weighted by atomic mass is 9.84. The Balaban J connectivity index is 2.01. The van der Waals surface area contributed by atoms with E-state index in [4.69, 9.17) is 0 Å². The molecule has 0 bridgehead atoms. The third-order valence-electron chi connectivity index (χ3n) is 4.42. The van der Waals surface area contributed by atoms with E-state index in [0.717, 1.165) is 43.9 Å². The molecule has 2 nitrogen and oxygen atoms in total. The summed E-state index contributed by atoms with van der Waals surface area (Å²) in [4.78, 5) is 17.5. The third kappa shape index (κ3) is 1.39. The van der Waals surface area contributed by atoms with Crippen molar-refractivity contribution in [3.05, 3.63) is 78.0 Å². The molecule has 5 rings (SSSR count). The number of carbonyl (C=O) groups excluding carboxylic acids is 1. The Kier molecular flexibility index (Phi) is 2.12. The van der Waals surface area contributed by atoms with Crippen LogP contribution in [-0.2, 0) is 0 Å². The Morgan fingerprint density at radius 2 is 1.41 bits per heavy atom. The Morgan fingerprint density at radius 3 is 2.23 bits per heavy atom. The van der Waals surface area contributed by atoms with Crippen LogP contribution in [0.4, 0.5) is 0 Å². The Hall–Kier alpha value is -3.00. The molecule has 1 aliphatic carbocycles. The first-order valence-corrected chi connectivity index (χ1v) is 7.28. The number of nitrogens with zero attached hydrogens (tertiary/aromatic N) is 1. The molecule has 3 aromatic carbocycles. The highest BCUT2D eigenvalue weighted by Gasteiger charge is 2.26. The lowest BCUT2D eigenvalue weighted by Gasteiger charge is -2.19. The number of hydrogen-bond acceptors (Lipinski definition) is 2. The zero-order valence-corrected chi connectivity index (χ0v) is 11.7. The van der Waals surface area contributed by atoms with Crippen LogP contribution in [-0.4, -0.2) is 10.8 Å². The number of hydrogen-bond donors (Lipinski definition) is 0. The minimum absolute atomic E-state index is 0.0897. The van der Waals surface area contributed by atoms with E-state index in [2.05, 4.69) is 17.1 Å². The van der Waals surface area contributed by atoms with E-state index >= 15 is 0 Å². The van der Waals surface area contributed by atoms with E-state index in [1.807, 2.05) is 54.7 Å². The second kappa shape index (κ2) is 4.01. The van der Waals surface area contributed by atoms with Gasteiger partial charge in [-0.3, -0.25) is 9.78 Å². The Morgan fingerprint density at radius 1 is 0.682 bits per heavy atom. The number of rotatable bonds is 0. The second-order valence-corrected chi connectivity index (χ2v) is 5.64. The molecule has 1 aliphatic rings. The quantitative estimate of drug-likeness (QED) is 0.415. The van der Waals surface area contributed by atoms with Gasteiger partial charge in [0, 0.05) is 28.3 Å². The SMILES string of the molecule is O=C1c2cc3ccccc3cc2-c2nccc3cccc1c23. The molecule has 0 saturated heterocycles. The molecule has 22 heavy (non-hydrogen) atoms. The molecule has 0 radical (unpaired) electrons. The van der Waals surface area contributed by atoms with Crippen molar-refractivity contribution in [3.8, 4) is 11.3 Å².